The summed E-state index contributed by atoms with van der Waals surface area (Å²) in [5.74, 6) is 0.242. The number of nitriles is 1. The van der Waals surface area contributed by atoms with E-state index in [4.69, 9.17) is 27.3 Å². The van der Waals surface area contributed by atoms with Crippen molar-refractivity contribution < 1.29 is 9.53 Å². The van der Waals surface area contributed by atoms with E-state index in [0.29, 0.717) is 34.1 Å². The molecule has 2 aromatic heterocycles. The van der Waals surface area contributed by atoms with Gasteiger partial charge < -0.3 is 15.8 Å². The Labute approximate surface area is 200 Å². The van der Waals surface area contributed by atoms with E-state index in [2.05, 4.69) is 27.0 Å². The highest BCUT2D eigenvalue weighted by molar-refractivity contribution is 6.30. The molecular weight excluding hydrogens is 454 g/mol. The van der Waals surface area contributed by atoms with E-state index < -0.39 is 5.91 Å². The topological polar surface area (TPSA) is 132 Å². The second-order valence-corrected chi connectivity index (χ2v) is 7.61. The first kappa shape index (κ1) is 22.5. The number of anilines is 2. The molecule has 4 aromatic rings. The van der Waals surface area contributed by atoms with Crippen LogP contribution in [0.2, 0.25) is 5.02 Å². The van der Waals surface area contributed by atoms with Gasteiger partial charge in [0.15, 0.2) is 0 Å². The molecule has 0 radical (unpaired) electrons. The molecule has 0 bridgehead atoms. The zero-order valence-electron chi connectivity index (χ0n) is 17.8. The predicted octanol–water partition coefficient (Wildman–Crippen LogP) is 4.43. The number of amides is 1. The Kier molecular flexibility index (Phi) is 6.52. The molecule has 0 spiro atoms. The number of hydrogen-bond donors (Lipinski definition) is 2. The van der Waals surface area contributed by atoms with Gasteiger partial charge in [0.25, 0.3) is 5.91 Å². The largest absolute Gasteiger partial charge is 0.438 e. The number of benzene rings is 2. The molecule has 9 nitrogen and oxygen atoms in total. The molecule has 2 aromatic carbocycles. The Morgan fingerprint density at radius 2 is 2.06 bits per heavy atom. The minimum absolute atomic E-state index is 0.202. The van der Waals surface area contributed by atoms with E-state index >= 15 is 0 Å². The van der Waals surface area contributed by atoms with Crippen LogP contribution < -0.4 is 15.8 Å². The Bertz CT molecular complexity index is 1420. The molecule has 0 aliphatic carbocycles. The normalized spacial score (nSPS) is 10.4. The van der Waals surface area contributed by atoms with Gasteiger partial charge in [-0.05, 0) is 29.8 Å². The summed E-state index contributed by atoms with van der Waals surface area (Å²) >= 11 is 6.07. The lowest BCUT2D eigenvalue weighted by atomic mass is 10.1. The maximum Gasteiger partial charge on any atom is 0.265 e. The standard InChI is InChI=1S/C24H18ClN7O2/c1-15(10-26)23(33)31-19-6-3-7-20(9-19)34-24-21(22(27)28-14-29-24)17-11-30-32(13-17)12-16-4-2-5-18(25)8-16/h2-9,11,13-14H,1,12H2,(H,31,33)(H2,27,28,29). The quantitative estimate of drug-likeness (QED) is 0.301. The maximum absolute atomic E-state index is 11.9. The van der Waals surface area contributed by atoms with Crippen LogP contribution in [0.5, 0.6) is 11.6 Å². The molecule has 0 aliphatic heterocycles. The number of carbonyl (C=O) groups is 1. The van der Waals surface area contributed by atoms with Crippen LogP contribution in [0.15, 0.2) is 79.4 Å². The van der Waals surface area contributed by atoms with Crippen molar-refractivity contribution in [1.82, 2.24) is 19.7 Å². The molecule has 2 heterocycles. The Morgan fingerprint density at radius 3 is 2.85 bits per heavy atom. The number of halogens is 1. The fourth-order valence-corrected chi connectivity index (χ4v) is 3.35. The summed E-state index contributed by atoms with van der Waals surface area (Å²) in [7, 11) is 0. The Hall–Kier alpha value is -4.68. The molecule has 0 aliphatic rings. The number of nitrogen functional groups attached to an aromatic ring is 1. The molecule has 0 fully saturated rings. The number of aromatic nitrogens is 4. The van der Waals surface area contributed by atoms with E-state index in [0.717, 1.165) is 5.56 Å². The summed E-state index contributed by atoms with van der Waals surface area (Å²) in [4.78, 5) is 20.2. The minimum atomic E-state index is -0.598. The van der Waals surface area contributed by atoms with Gasteiger partial charge in [-0.15, -0.1) is 0 Å². The zero-order chi connectivity index (χ0) is 24.1. The molecule has 4 rings (SSSR count). The van der Waals surface area contributed by atoms with Crippen LogP contribution in [-0.2, 0) is 11.3 Å². The third-order valence-corrected chi connectivity index (χ3v) is 4.95. The fourth-order valence-electron chi connectivity index (χ4n) is 3.14. The summed E-state index contributed by atoms with van der Waals surface area (Å²) in [5, 5.41) is 16.5. The second kappa shape index (κ2) is 9.85. The molecule has 0 saturated heterocycles. The van der Waals surface area contributed by atoms with Gasteiger partial charge >= 0.3 is 0 Å². The first-order valence-electron chi connectivity index (χ1n) is 9.99. The van der Waals surface area contributed by atoms with E-state index in [1.165, 1.54) is 6.33 Å². The summed E-state index contributed by atoms with van der Waals surface area (Å²) in [5.41, 5.74) is 8.52. The first-order valence-corrected chi connectivity index (χ1v) is 10.4. The summed E-state index contributed by atoms with van der Waals surface area (Å²) < 4.78 is 7.72. The van der Waals surface area contributed by atoms with Gasteiger partial charge in [-0.25, -0.2) is 9.97 Å². The van der Waals surface area contributed by atoms with Crippen LogP contribution in [0.25, 0.3) is 11.1 Å². The van der Waals surface area contributed by atoms with Crippen molar-refractivity contribution in [1.29, 1.82) is 5.26 Å². The van der Waals surface area contributed by atoms with Gasteiger partial charge in [0, 0.05) is 28.5 Å². The number of nitrogens with zero attached hydrogens (tertiary/aromatic N) is 5. The van der Waals surface area contributed by atoms with Gasteiger partial charge in [0.2, 0.25) is 5.88 Å². The van der Waals surface area contributed by atoms with Crippen molar-refractivity contribution in [3.63, 3.8) is 0 Å². The molecule has 168 valence electrons. The summed E-state index contributed by atoms with van der Waals surface area (Å²) in [6.45, 7) is 3.91. The minimum Gasteiger partial charge on any atom is -0.438 e. The summed E-state index contributed by atoms with van der Waals surface area (Å²) in [6.07, 6.45) is 4.76. The van der Waals surface area contributed by atoms with E-state index in [9.17, 15) is 4.79 Å². The fraction of sp³-hybridized carbons (Fsp3) is 0.0417. The molecular formula is C24H18ClN7O2. The van der Waals surface area contributed by atoms with Gasteiger partial charge in [-0.3, -0.25) is 9.48 Å². The third kappa shape index (κ3) is 5.20. The van der Waals surface area contributed by atoms with Crippen LogP contribution >= 0.6 is 11.6 Å². The highest BCUT2D eigenvalue weighted by atomic mass is 35.5. The van der Waals surface area contributed by atoms with Gasteiger partial charge in [-0.1, -0.05) is 36.4 Å². The zero-order valence-corrected chi connectivity index (χ0v) is 18.5. The van der Waals surface area contributed by atoms with Crippen molar-refractivity contribution in [2.24, 2.45) is 0 Å². The van der Waals surface area contributed by atoms with Crippen molar-refractivity contribution >= 4 is 29.0 Å². The van der Waals surface area contributed by atoms with Crippen LogP contribution in [0.1, 0.15) is 5.56 Å². The lowest BCUT2D eigenvalue weighted by Crippen LogP contribution is -2.12. The van der Waals surface area contributed by atoms with Crippen molar-refractivity contribution in [3.05, 3.63) is 90.0 Å². The van der Waals surface area contributed by atoms with E-state index in [1.807, 2.05) is 30.5 Å². The average molecular weight is 472 g/mol. The molecule has 10 heteroatoms. The average Bonchev–Trinajstić information content (AvgIpc) is 3.26. The molecule has 0 saturated carbocycles. The summed E-state index contributed by atoms with van der Waals surface area (Å²) in [6, 6.07) is 15.9. The van der Waals surface area contributed by atoms with Crippen LogP contribution in [0, 0.1) is 11.3 Å². The second-order valence-electron chi connectivity index (χ2n) is 7.17. The van der Waals surface area contributed by atoms with Crippen LogP contribution in [0.3, 0.4) is 0 Å². The van der Waals surface area contributed by atoms with Gasteiger partial charge in [-0.2, -0.15) is 10.4 Å². The molecule has 3 N–H and O–H groups in total. The lowest BCUT2D eigenvalue weighted by molar-refractivity contribution is -0.112. The first-order chi connectivity index (χ1) is 16.4. The third-order valence-electron chi connectivity index (χ3n) is 4.71. The number of nitrogens with one attached hydrogen (secondary N) is 1. The van der Waals surface area contributed by atoms with Crippen molar-refractivity contribution in [2.45, 2.75) is 6.54 Å². The number of carbonyl (C=O) groups excluding carboxylic acids is 1. The van der Waals surface area contributed by atoms with Crippen LogP contribution in [-0.4, -0.2) is 25.7 Å². The molecule has 34 heavy (non-hydrogen) atoms. The number of hydrogen-bond acceptors (Lipinski definition) is 7. The monoisotopic (exact) mass is 471 g/mol. The SMILES string of the molecule is C=C(C#N)C(=O)Nc1cccc(Oc2ncnc(N)c2-c2cnn(Cc3cccc(Cl)c3)c2)c1. The Morgan fingerprint density at radius 1 is 1.24 bits per heavy atom. The lowest BCUT2D eigenvalue weighted by Gasteiger charge is -2.11. The van der Waals surface area contributed by atoms with Gasteiger partial charge in [0.05, 0.1) is 18.3 Å². The smallest absolute Gasteiger partial charge is 0.265 e. The van der Waals surface area contributed by atoms with Crippen molar-refractivity contribution in [2.75, 3.05) is 11.1 Å². The van der Waals surface area contributed by atoms with Crippen LogP contribution in [0.4, 0.5) is 11.5 Å². The molecule has 0 atom stereocenters. The maximum atomic E-state index is 11.9. The molecule has 0 unspecified atom stereocenters. The van der Waals surface area contributed by atoms with E-state index in [-0.39, 0.29) is 17.3 Å². The number of ether oxygens (including phenoxy) is 1. The van der Waals surface area contributed by atoms with Crippen molar-refractivity contribution in [3.8, 4) is 28.8 Å². The highest BCUT2D eigenvalue weighted by Crippen LogP contribution is 2.35. The predicted molar refractivity (Wildman–Crippen MR) is 128 cm³/mol. The number of nitrogens with two attached hydrogens (primary N) is 1. The molecule has 1 amide bonds. The van der Waals surface area contributed by atoms with Gasteiger partial charge in [0.1, 0.15) is 29.5 Å². The number of rotatable bonds is 7. The Balaban J connectivity index is 1.58. The van der Waals surface area contributed by atoms with E-state index in [1.54, 1.807) is 41.2 Å². The highest BCUT2D eigenvalue weighted by Gasteiger charge is 2.17.